The number of hydrogen-bond acceptors (Lipinski definition) is 7. The number of benzene rings is 2. The average molecular weight is 588 g/mol. The maximum atomic E-state index is 14.1. The number of ether oxygens (including phenoxy) is 1. The van der Waals surface area contributed by atoms with Gasteiger partial charge in [-0.05, 0) is 70.0 Å². The average Bonchev–Trinajstić information content (AvgIpc) is 3.23. The van der Waals surface area contributed by atoms with E-state index in [1.165, 1.54) is 21.0 Å². The SMILES string of the molecule is CCCc1nc(C)c2c(=O)[nH]c(-c3cc(S(=O)(=O)N(Cc4ccc(Cl)cc4)C(C)(C)CO)ccc3OCC)nn12. The van der Waals surface area contributed by atoms with E-state index in [0.29, 0.717) is 52.0 Å². The molecule has 2 N–H and O–H groups in total. The van der Waals surface area contributed by atoms with Crippen LogP contribution in [-0.4, -0.2) is 56.2 Å². The molecular formula is C28H34ClN5O5S. The van der Waals surface area contributed by atoms with Crippen molar-refractivity contribution in [3.63, 3.8) is 0 Å². The van der Waals surface area contributed by atoms with E-state index in [4.69, 9.17) is 16.3 Å². The topological polar surface area (TPSA) is 130 Å². The summed E-state index contributed by atoms with van der Waals surface area (Å²) in [5.74, 6) is 1.16. The molecule has 0 saturated carbocycles. The molecule has 0 bridgehead atoms. The Morgan fingerprint density at radius 1 is 1.15 bits per heavy atom. The van der Waals surface area contributed by atoms with Crippen LogP contribution in [0.5, 0.6) is 5.75 Å². The summed E-state index contributed by atoms with van der Waals surface area (Å²) in [5.41, 5.74) is 0.396. The molecule has 4 aromatic rings. The molecule has 2 heterocycles. The van der Waals surface area contributed by atoms with Crippen molar-refractivity contribution < 1.29 is 18.3 Å². The van der Waals surface area contributed by atoms with Crippen LogP contribution in [0.25, 0.3) is 16.9 Å². The lowest BCUT2D eigenvalue weighted by molar-refractivity contribution is 0.117. The summed E-state index contributed by atoms with van der Waals surface area (Å²) in [4.78, 5) is 20.4. The Balaban J connectivity index is 1.89. The van der Waals surface area contributed by atoms with Crippen LogP contribution in [-0.2, 0) is 23.0 Å². The van der Waals surface area contributed by atoms with Crippen LogP contribution in [0, 0.1) is 6.92 Å². The van der Waals surface area contributed by atoms with E-state index in [9.17, 15) is 18.3 Å². The number of H-pyrrole nitrogens is 1. The number of halogens is 1. The van der Waals surface area contributed by atoms with E-state index in [2.05, 4.69) is 15.1 Å². The number of aliphatic hydroxyl groups excluding tert-OH is 1. The van der Waals surface area contributed by atoms with Gasteiger partial charge in [0.05, 0.1) is 34.9 Å². The molecule has 0 radical (unpaired) electrons. The quantitative estimate of drug-likeness (QED) is 0.267. The summed E-state index contributed by atoms with van der Waals surface area (Å²) in [6.07, 6.45) is 1.43. The summed E-state index contributed by atoms with van der Waals surface area (Å²) < 4.78 is 36.8. The molecule has 12 heteroatoms. The van der Waals surface area contributed by atoms with Crippen molar-refractivity contribution >= 4 is 27.1 Å². The lowest BCUT2D eigenvalue weighted by Crippen LogP contribution is -2.49. The van der Waals surface area contributed by atoms with Gasteiger partial charge >= 0.3 is 0 Å². The van der Waals surface area contributed by atoms with E-state index >= 15 is 0 Å². The fraction of sp³-hybridized carbons (Fsp3) is 0.393. The van der Waals surface area contributed by atoms with Crippen LogP contribution >= 0.6 is 11.6 Å². The van der Waals surface area contributed by atoms with Gasteiger partial charge in [0.2, 0.25) is 10.0 Å². The van der Waals surface area contributed by atoms with Gasteiger partial charge in [-0.2, -0.15) is 4.31 Å². The van der Waals surface area contributed by atoms with Crippen LogP contribution in [0.4, 0.5) is 0 Å². The van der Waals surface area contributed by atoms with Crippen molar-refractivity contribution in [2.75, 3.05) is 13.2 Å². The second-order valence-electron chi connectivity index (χ2n) is 10.1. The smallest absolute Gasteiger partial charge is 0.277 e. The fourth-order valence-corrected chi connectivity index (χ4v) is 6.38. The first kappa shape index (κ1) is 29.7. The van der Waals surface area contributed by atoms with E-state index in [0.717, 1.165) is 6.42 Å². The van der Waals surface area contributed by atoms with Crippen molar-refractivity contribution in [1.29, 1.82) is 0 Å². The van der Waals surface area contributed by atoms with E-state index < -0.39 is 22.2 Å². The molecule has 0 fully saturated rings. The third-order valence-electron chi connectivity index (χ3n) is 6.61. The molecule has 0 atom stereocenters. The van der Waals surface area contributed by atoms with Gasteiger partial charge in [-0.25, -0.2) is 17.9 Å². The first-order chi connectivity index (χ1) is 18.9. The standard InChI is InChI=1S/C28H34ClN5O5S/c1-6-8-24-30-18(3)25-27(36)31-26(32-34(24)25)22-15-21(13-14-23(22)39-7-2)40(37,38)33(28(4,5)17-35)16-19-9-11-20(29)12-10-19/h9-15,35H,6-8,16-17H2,1-5H3,(H,31,32,36). The summed E-state index contributed by atoms with van der Waals surface area (Å²) in [7, 11) is -4.16. The number of aryl methyl sites for hydroxylation is 2. The summed E-state index contributed by atoms with van der Waals surface area (Å²) in [5, 5.41) is 15.3. The molecule has 0 amide bonds. The van der Waals surface area contributed by atoms with E-state index in [-0.39, 0.29) is 22.8 Å². The number of hydrogen-bond donors (Lipinski definition) is 2. The Morgan fingerprint density at radius 3 is 2.48 bits per heavy atom. The highest BCUT2D eigenvalue weighted by atomic mass is 35.5. The van der Waals surface area contributed by atoms with Gasteiger partial charge in [-0.1, -0.05) is 30.7 Å². The third-order valence-corrected chi connectivity index (χ3v) is 8.92. The van der Waals surface area contributed by atoms with Crippen molar-refractivity contribution in [2.24, 2.45) is 0 Å². The minimum Gasteiger partial charge on any atom is -0.493 e. The molecule has 2 aromatic carbocycles. The normalized spacial score (nSPS) is 12.4. The van der Waals surface area contributed by atoms with Gasteiger partial charge in [0.15, 0.2) is 11.3 Å². The zero-order valence-corrected chi connectivity index (χ0v) is 24.8. The zero-order chi connectivity index (χ0) is 29.2. The number of aromatic nitrogens is 4. The first-order valence-corrected chi connectivity index (χ1v) is 14.9. The largest absolute Gasteiger partial charge is 0.493 e. The summed E-state index contributed by atoms with van der Waals surface area (Å²) in [6, 6.07) is 11.3. The number of rotatable bonds is 11. The highest BCUT2D eigenvalue weighted by Gasteiger charge is 2.37. The molecule has 0 unspecified atom stereocenters. The molecule has 214 valence electrons. The van der Waals surface area contributed by atoms with Crippen LogP contribution < -0.4 is 10.3 Å². The maximum absolute atomic E-state index is 14.1. The van der Waals surface area contributed by atoms with Gasteiger partial charge in [0.25, 0.3) is 5.56 Å². The molecule has 0 aliphatic carbocycles. The lowest BCUT2D eigenvalue weighted by Gasteiger charge is -2.36. The third kappa shape index (κ3) is 5.78. The number of sulfonamides is 1. The Hall–Kier alpha value is -3.25. The number of aliphatic hydroxyl groups is 1. The lowest BCUT2D eigenvalue weighted by atomic mass is 10.1. The molecule has 0 aliphatic heterocycles. The minimum atomic E-state index is -4.16. The molecule has 0 saturated heterocycles. The van der Waals surface area contributed by atoms with Gasteiger partial charge in [0.1, 0.15) is 11.6 Å². The maximum Gasteiger partial charge on any atom is 0.277 e. The highest BCUT2D eigenvalue weighted by molar-refractivity contribution is 7.89. The minimum absolute atomic E-state index is 0.00530. The van der Waals surface area contributed by atoms with Gasteiger partial charge in [-0.15, -0.1) is 5.10 Å². The van der Waals surface area contributed by atoms with E-state index in [1.807, 2.05) is 13.8 Å². The Morgan fingerprint density at radius 2 is 1.85 bits per heavy atom. The Bertz CT molecular complexity index is 1680. The predicted molar refractivity (Wildman–Crippen MR) is 154 cm³/mol. The van der Waals surface area contributed by atoms with Crippen molar-refractivity contribution in [3.05, 3.63) is 74.9 Å². The summed E-state index contributed by atoms with van der Waals surface area (Å²) in [6.45, 7) is 8.79. The van der Waals surface area contributed by atoms with Gasteiger partial charge in [-0.3, -0.25) is 4.79 Å². The van der Waals surface area contributed by atoms with Crippen LogP contribution in [0.1, 0.15) is 51.2 Å². The molecular weight excluding hydrogens is 554 g/mol. The van der Waals surface area contributed by atoms with Crippen LogP contribution in [0.15, 0.2) is 52.2 Å². The second kappa shape index (κ2) is 11.7. The first-order valence-electron chi connectivity index (χ1n) is 13.1. The molecule has 4 rings (SSSR count). The molecule has 0 aliphatic rings. The number of imidazole rings is 1. The monoisotopic (exact) mass is 587 g/mol. The number of nitrogens with zero attached hydrogens (tertiary/aromatic N) is 4. The molecule has 0 spiro atoms. The Labute approximate surface area is 238 Å². The van der Waals surface area contributed by atoms with Crippen molar-refractivity contribution in [1.82, 2.24) is 23.9 Å². The van der Waals surface area contributed by atoms with Crippen LogP contribution in [0.3, 0.4) is 0 Å². The van der Waals surface area contributed by atoms with Crippen molar-refractivity contribution in [3.8, 4) is 17.1 Å². The van der Waals surface area contributed by atoms with Crippen LogP contribution in [0.2, 0.25) is 5.02 Å². The Kier molecular flexibility index (Phi) is 8.69. The van der Waals surface area contributed by atoms with Gasteiger partial charge < -0.3 is 14.8 Å². The predicted octanol–water partition coefficient (Wildman–Crippen LogP) is 4.36. The fourth-order valence-electron chi connectivity index (χ4n) is 4.46. The molecule has 40 heavy (non-hydrogen) atoms. The number of nitrogens with one attached hydrogen (secondary N) is 1. The summed E-state index contributed by atoms with van der Waals surface area (Å²) >= 11 is 6.02. The number of fused-ring (bicyclic) bond motifs is 1. The van der Waals surface area contributed by atoms with E-state index in [1.54, 1.807) is 51.1 Å². The van der Waals surface area contributed by atoms with Gasteiger partial charge in [0, 0.05) is 18.0 Å². The molecule has 10 nitrogen and oxygen atoms in total. The number of aromatic amines is 1. The molecule has 2 aromatic heterocycles. The zero-order valence-electron chi connectivity index (χ0n) is 23.2. The second-order valence-corrected chi connectivity index (χ2v) is 12.4. The van der Waals surface area contributed by atoms with Crippen molar-refractivity contribution in [2.45, 2.75) is 64.4 Å². The highest BCUT2D eigenvalue weighted by Crippen LogP contribution is 2.34.